The highest BCUT2D eigenvalue weighted by atomic mass is 79.9. The van der Waals surface area contributed by atoms with Crippen molar-refractivity contribution in [1.82, 2.24) is 5.32 Å². The number of carbonyl (C=O) groups is 2. The van der Waals surface area contributed by atoms with E-state index in [1.165, 1.54) is 0 Å². The Morgan fingerprint density at radius 2 is 1.32 bits per heavy atom. The van der Waals surface area contributed by atoms with Crippen LogP contribution in [0.5, 0.6) is 0 Å². The molecule has 0 spiro atoms. The van der Waals surface area contributed by atoms with Crippen LogP contribution in [0.15, 0.2) is 89.4 Å². The van der Waals surface area contributed by atoms with Crippen LogP contribution in [0.3, 0.4) is 0 Å². The third-order valence-electron chi connectivity index (χ3n) is 4.57. The van der Waals surface area contributed by atoms with Crippen molar-refractivity contribution in [3.8, 4) is 0 Å². The molecule has 0 aromatic heterocycles. The lowest BCUT2D eigenvalue weighted by Crippen LogP contribution is -2.47. The van der Waals surface area contributed by atoms with E-state index < -0.39 is 17.9 Å². The molecule has 0 aliphatic rings. The van der Waals surface area contributed by atoms with Crippen molar-refractivity contribution in [2.24, 2.45) is 5.73 Å². The molecule has 28 heavy (non-hydrogen) atoms. The average molecular weight is 437 g/mol. The first kappa shape index (κ1) is 19.8. The van der Waals surface area contributed by atoms with Gasteiger partial charge in [-0.25, -0.2) is 0 Å². The second-order valence-electron chi connectivity index (χ2n) is 6.51. The number of hydrogen-bond donors (Lipinski definition) is 2. The van der Waals surface area contributed by atoms with Gasteiger partial charge >= 0.3 is 0 Å². The van der Waals surface area contributed by atoms with Crippen molar-refractivity contribution in [1.29, 1.82) is 0 Å². The van der Waals surface area contributed by atoms with Crippen LogP contribution in [0.1, 0.15) is 22.6 Å². The summed E-state index contributed by atoms with van der Waals surface area (Å²) in [7, 11) is 0. The van der Waals surface area contributed by atoms with Gasteiger partial charge in [0.2, 0.25) is 11.8 Å². The van der Waals surface area contributed by atoms with Gasteiger partial charge in [0.1, 0.15) is 6.04 Å². The first-order chi connectivity index (χ1) is 13.6. The van der Waals surface area contributed by atoms with Gasteiger partial charge in [-0.1, -0.05) is 94.8 Å². The molecular weight excluding hydrogens is 416 g/mol. The van der Waals surface area contributed by atoms with E-state index in [1.807, 2.05) is 84.9 Å². The third kappa shape index (κ3) is 4.87. The first-order valence-corrected chi connectivity index (χ1v) is 9.78. The smallest absolute Gasteiger partial charge is 0.240 e. The highest BCUT2D eigenvalue weighted by Crippen LogP contribution is 2.25. The molecular formula is C23H21BrN2O2. The number of carbonyl (C=O) groups excluding carboxylic acids is 2. The predicted molar refractivity (Wildman–Crippen MR) is 114 cm³/mol. The van der Waals surface area contributed by atoms with Crippen molar-refractivity contribution < 1.29 is 9.59 Å². The summed E-state index contributed by atoms with van der Waals surface area (Å²) in [6, 6.07) is 25.8. The molecule has 0 radical (unpaired) electrons. The minimum atomic E-state index is -0.805. The molecule has 142 valence electrons. The normalized spacial score (nSPS) is 11.8. The summed E-state index contributed by atoms with van der Waals surface area (Å²) in [4.78, 5) is 25.2. The van der Waals surface area contributed by atoms with Crippen molar-refractivity contribution in [3.05, 3.63) is 106 Å². The zero-order valence-corrected chi connectivity index (χ0v) is 16.8. The number of benzene rings is 3. The van der Waals surface area contributed by atoms with Crippen molar-refractivity contribution in [3.63, 3.8) is 0 Å². The van der Waals surface area contributed by atoms with Crippen molar-refractivity contribution in [2.75, 3.05) is 0 Å². The van der Waals surface area contributed by atoms with Gasteiger partial charge in [-0.2, -0.15) is 0 Å². The molecule has 0 saturated carbocycles. The molecule has 2 amide bonds. The molecule has 4 nitrogen and oxygen atoms in total. The minimum Gasteiger partial charge on any atom is -0.368 e. The van der Waals surface area contributed by atoms with E-state index in [2.05, 4.69) is 21.2 Å². The van der Waals surface area contributed by atoms with Crippen LogP contribution in [0.25, 0.3) is 0 Å². The van der Waals surface area contributed by atoms with Crippen LogP contribution >= 0.6 is 15.9 Å². The van der Waals surface area contributed by atoms with E-state index in [9.17, 15) is 9.59 Å². The second-order valence-corrected chi connectivity index (χ2v) is 7.37. The van der Waals surface area contributed by atoms with Gasteiger partial charge in [-0.15, -0.1) is 0 Å². The molecule has 0 unspecified atom stereocenters. The second kappa shape index (κ2) is 9.33. The van der Waals surface area contributed by atoms with Crippen LogP contribution < -0.4 is 11.1 Å². The summed E-state index contributed by atoms with van der Waals surface area (Å²) in [5.74, 6) is -1.35. The molecule has 0 aliphatic heterocycles. The van der Waals surface area contributed by atoms with Crippen LogP contribution in [0.4, 0.5) is 0 Å². The highest BCUT2D eigenvalue weighted by molar-refractivity contribution is 9.10. The van der Waals surface area contributed by atoms with E-state index >= 15 is 0 Å². The number of amides is 2. The SMILES string of the molecule is NC(=O)[C@@H](Cc1ccccc1Br)NC(=O)C(c1ccccc1)c1ccccc1. The van der Waals surface area contributed by atoms with Gasteiger partial charge in [0.05, 0.1) is 5.92 Å². The molecule has 1 atom stereocenters. The Labute approximate surface area is 172 Å². The van der Waals surface area contributed by atoms with Gasteiger partial charge in [0.15, 0.2) is 0 Å². The maximum Gasteiger partial charge on any atom is 0.240 e. The summed E-state index contributed by atoms with van der Waals surface area (Å²) < 4.78 is 0.873. The summed E-state index contributed by atoms with van der Waals surface area (Å²) in [5.41, 5.74) is 8.21. The van der Waals surface area contributed by atoms with Crippen LogP contribution in [-0.2, 0) is 16.0 Å². The fourth-order valence-corrected chi connectivity index (χ4v) is 3.59. The zero-order valence-electron chi connectivity index (χ0n) is 15.2. The molecule has 3 N–H and O–H groups in total. The average Bonchev–Trinajstić information content (AvgIpc) is 2.71. The van der Waals surface area contributed by atoms with Crippen LogP contribution in [0.2, 0.25) is 0 Å². The molecule has 0 aliphatic carbocycles. The fourth-order valence-electron chi connectivity index (χ4n) is 3.15. The number of nitrogens with two attached hydrogens (primary N) is 1. The van der Waals surface area contributed by atoms with E-state index in [0.717, 1.165) is 21.2 Å². The molecule has 0 saturated heterocycles. The number of rotatable bonds is 7. The summed E-state index contributed by atoms with van der Waals surface area (Å²) in [6.45, 7) is 0. The Morgan fingerprint density at radius 3 is 1.82 bits per heavy atom. The molecule has 3 aromatic rings. The van der Waals surface area contributed by atoms with Gasteiger partial charge in [0, 0.05) is 10.9 Å². The number of hydrogen-bond acceptors (Lipinski definition) is 2. The lowest BCUT2D eigenvalue weighted by Gasteiger charge is -2.22. The lowest BCUT2D eigenvalue weighted by molar-refractivity contribution is -0.127. The van der Waals surface area contributed by atoms with Crippen molar-refractivity contribution >= 4 is 27.7 Å². The molecule has 3 rings (SSSR count). The number of primary amides is 1. The van der Waals surface area contributed by atoms with Crippen LogP contribution in [-0.4, -0.2) is 17.9 Å². The quantitative estimate of drug-likeness (QED) is 0.591. The Hall–Kier alpha value is -2.92. The van der Waals surface area contributed by atoms with Gasteiger partial charge in [-0.3, -0.25) is 9.59 Å². The third-order valence-corrected chi connectivity index (χ3v) is 5.34. The Morgan fingerprint density at radius 1 is 0.821 bits per heavy atom. The van der Waals surface area contributed by atoms with E-state index in [1.54, 1.807) is 0 Å². The van der Waals surface area contributed by atoms with Crippen LogP contribution in [0, 0.1) is 0 Å². The molecule has 0 fully saturated rings. The van der Waals surface area contributed by atoms with Gasteiger partial charge in [0.25, 0.3) is 0 Å². The summed E-state index contributed by atoms with van der Waals surface area (Å²) in [6.07, 6.45) is 0.318. The lowest BCUT2D eigenvalue weighted by atomic mass is 9.90. The van der Waals surface area contributed by atoms with E-state index in [0.29, 0.717) is 6.42 Å². The van der Waals surface area contributed by atoms with E-state index in [-0.39, 0.29) is 5.91 Å². The minimum absolute atomic E-state index is 0.256. The summed E-state index contributed by atoms with van der Waals surface area (Å²) >= 11 is 3.48. The monoisotopic (exact) mass is 436 g/mol. The standard InChI is InChI=1S/C23H21BrN2O2/c24-19-14-8-7-13-18(19)15-20(22(25)27)26-23(28)21(16-9-3-1-4-10-16)17-11-5-2-6-12-17/h1-14,20-21H,15H2,(H2,25,27)(H,26,28)/t20-/m1/s1. The maximum absolute atomic E-state index is 13.2. The Kier molecular flexibility index (Phi) is 6.61. The van der Waals surface area contributed by atoms with Crippen molar-refractivity contribution in [2.45, 2.75) is 18.4 Å². The first-order valence-electron chi connectivity index (χ1n) is 8.99. The Bertz CT molecular complexity index is 906. The zero-order chi connectivity index (χ0) is 19.9. The predicted octanol–water partition coefficient (Wildman–Crippen LogP) is 3.79. The van der Waals surface area contributed by atoms with Gasteiger partial charge < -0.3 is 11.1 Å². The Balaban J connectivity index is 1.87. The highest BCUT2D eigenvalue weighted by Gasteiger charge is 2.27. The molecule has 5 heteroatoms. The molecule has 3 aromatic carbocycles. The molecule has 0 bridgehead atoms. The van der Waals surface area contributed by atoms with E-state index in [4.69, 9.17) is 5.73 Å². The number of halogens is 1. The summed E-state index contributed by atoms with van der Waals surface area (Å²) in [5, 5.41) is 2.85. The fraction of sp³-hybridized carbons (Fsp3) is 0.130. The maximum atomic E-state index is 13.2. The number of nitrogens with one attached hydrogen (secondary N) is 1. The van der Waals surface area contributed by atoms with Gasteiger partial charge in [-0.05, 0) is 22.8 Å². The topological polar surface area (TPSA) is 72.2 Å². The molecule has 0 heterocycles. The largest absolute Gasteiger partial charge is 0.368 e.